The van der Waals surface area contributed by atoms with Crippen LogP contribution in [0.5, 0.6) is 0 Å². The molecule has 1 heterocycles. The maximum absolute atomic E-state index is 11.5. The van der Waals surface area contributed by atoms with Crippen molar-refractivity contribution in [2.24, 2.45) is 0 Å². The van der Waals surface area contributed by atoms with E-state index in [1.54, 1.807) is 11.8 Å². The minimum Gasteiger partial charge on any atom is -0.449 e. The summed E-state index contributed by atoms with van der Waals surface area (Å²) in [7, 11) is 0. The van der Waals surface area contributed by atoms with Crippen molar-refractivity contribution in [3.63, 3.8) is 0 Å². The van der Waals surface area contributed by atoms with Crippen LogP contribution in [0.15, 0.2) is 0 Å². The van der Waals surface area contributed by atoms with Gasteiger partial charge in [0.25, 0.3) is 0 Å². The van der Waals surface area contributed by atoms with Gasteiger partial charge in [-0.2, -0.15) is 0 Å². The molecule has 1 fully saturated rings. The molecule has 15 heavy (non-hydrogen) atoms. The molecule has 0 aromatic heterocycles. The molecule has 0 saturated carbocycles. The Morgan fingerprint density at radius 3 is 2.67 bits per heavy atom. The quantitative estimate of drug-likeness (QED) is 0.727. The molecular weight excluding hydrogens is 194 g/mol. The normalized spacial score (nSPS) is 18.7. The Bertz CT molecular complexity index is 188. The molecule has 0 aromatic rings. The van der Waals surface area contributed by atoms with E-state index in [9.17, 15) is 4.79 Å². The lowest BCUT2D eigenvalue weighted by Crippen LogP contribution is -2.36. The zero-order valence-corrected chi connectivity index (χ0v) is 9.45. The van der Waals surface area contributed by atoms with E-state index in [1.807, 2.05) is 0 Å². The molecule has 0 aliphatic carbocycles. The summed E-state index contributed by atoms with van der Waals surface area (Å²) in [5.41, 5.74) is 0. The van der Waals surface area contributed by atoms with Crippen LogP contribution in [-0.2, 0) is 4.74 Å². The largest absolute Gasteiger partial charge is 0.449 e. The van der Waals surface area contributed by atoms with E-state index < -0.39 is 0 Å². The lowest BCUT2D eigenvalue weighted by Gasteiger charge is -2.25. The van der Waals surface area contributed by atoms with Crippen molar-refractivity contribution >= 4 is 6.09 Å². The fourth-order valence-corrected chi connectivity index (χ4v) is 1.71. The van der Waals surface area contributed by atoms with Gasteiger partial charge in [-0.3, -0.25) is 0 Å². The van der Waals surface area contributed by atoms with E-state index in [1.165, 1.54) is 6.42 Å². The van der Waals surface area contributed by atoms with Gasteiger partial charge in [-0.05, 0) is 39.0 Å². The first-order valence-electron chi connectivity index (χ1n) is 5.80. The highest BCUT2D eigenvalue weighted by Gasteiger charge is 2.17. The molecule has 1 unspecified atom stereocenters. The third-order valence-corrected chi connectivity index (χ3v) is 2.61. The summed E-state index contributed by atoms with van der Waals surface area (Å²) < 4.78 is 5.11. The van der Waals surface area contributed by atoms with Gasteiger partial charge in [0.1, 0.15) is 0 Å². The summed E-state index contributed by atoms with van der Waals surface area (Å²) in [6.07, 6.45) is 4.31. The Hall–Kier alpha value is -0.770. The Morgan fingerprint density at radius 2 is 2.07 bits per heavy atom. The molecule has 1 saturated heterocycles. The summed E-state index contributed by atoms with van der Waals surface area (Å²) in [5, 5.41) is 9.02. The predicted octanol–water partition coefficient (Wildman–Crippen LogP) is 1.77. The number of likely N-dealkylation sites (tertiary alicyclic amines) is 1. The highest BCUT2D eigenvalue weighted by Crippen LogP contribution is 2.10. The Morgan fingerprint density at radius 1 is 1.40 bits per heavy atom. The van der Waals surface area contributed by atoms with Crippen molar-refractivity contribution in [3.05, 3.63) is 0 Å². The molecule has 0 bridgehead atoms. The van der Waals surface area contributed by atoms with Crippen LogP contribution in [0, 0.1) is 0 Å². The molecule has 1 aliphatic rings. The van der Waals surface area contributed by atoms with Gasteiger partial charge in [-0.1, -0.05) is 0 Å². The first-order valence-corrected chi connectivity index (χ1v) is 5.80. The highest BCUT2D eigenvalue weighted by atomic mass is 16.6. The smallest absolute Gasteiger partial charge is 0.409 e. The highest BCUT2D eigenvalue weighted by molar-refractivity contribution is 5.67. The molecule has 1 rings (SSSR count). The van der Waals surface area contributed by atoms with Gasteiger partial charge in [0.2, 0.25) is 0 Å². The Kier molecular flexibility index (Phi) is 5.47. The number of aliphatic hydroxyl groups excluding tert-OH is 1. The van der Waals surface area contributed by atoms with Crippen molar-refractivity contribution in [3.8, 4) is 0 Å². The van der Waals surface area contributed by atoms with Crippen LogP contribution in [0.2, 0.25) is 0 Å². The van der Waals surface area contributed by atoms with Crippen LogP contribution >= 0.6 is 0 Å². The lowest BCUT2D eigenvalue weighted by atomic mass is 10.1. The minimum absolute atomic E-state index is 0.194. The number of rotatable bonds is 4. The summed E-state index contributed by atoms with van der Waals surface area (Å²) in [4.78, 5) is 13.3. The number of carbonyl (C=O) groups is 1. The standard InChI is InChI=1S/C11H21NO3/c1-10(13)6-5-9-15-11(14)12-7-3-2-4-8-12/h10,13H,2-9H2,1H3. The molecule has 1 N–H and O–H groups in total. The average Bonchev–Trinajstić information content (AvgIpc) is 2.25. The zero-order valence-electron chi connectivity index (χ0n) is 9.45. The van der Waals surface area contributed by atoms with Gasteiger partial charge in [-0.15, -0.1) is 0 Å². The van der Waals surface area contributed by atoms with E-state index in [0.29, 0.717) is 13.0 Å². The fraction of sp³-hybridized carbons (Fsp3) is 0.909. The summed E-state index contributed by atoms with van der Waals surface area (Å²) in [6.45, 7) is 3.82. The van der Waals surface area contributed by atoms with Crippen LogP contribution in [-0.4, -0.2) is 41.9 Å². The van der Waals surface area contributed by atoms with Gasteiger partial charge in [0, 0.05) is 13.1 Å². The van der Waals surface area contributed by atoms with E-state index in [-0.39, 0.29) is 12.2 Å². The third kappa shape index (κ3) is 5.02. The number of aliphatic hydroxyl groups is 1. The number of carbonyl (C=O) groups excluding carboxylic acids is 1. The molecule has 1 aliphatic heterocycles. The predicted molar refractivity (Wildman–Crippen MR) is 57.7 cm³/mol. The zero-order chi connectivity index (χ0) is 11.1. The average molecular weight is 215 g/mol. The van der Waals surface area contributed by atoms with Crippen molar-refractivity contribution in [2.75, 3.05) is 19.7 Å². The van der Waals surface area contributed by atoms with Crippen molar-refractivity contribution in [1.82, 2.24) is 4.90 Å². The maximum atomic E-state index is 11.5. The number of amides is 1. The van der Waals surface area contributed by atoms with Crippen molar-refractivity contribution in [2.45, 2.75) is 45.1 Å². The molecule has 0 aromatic carbocycles. The second kappa shape index (κ2) is 6.67. The number of hydrogen-bond donors (Lipinski definition) is 1. The fourth-order valence-electron chi connectivity index (χ4n) is 1.71. The SMILES string of the molecule is CC(O)CCCOC(=O)N1CCCCC1. The van der Waals surface area contributed by atoms with Gasteiger partial charge in [-0.25, -0.2) is 4.79 Å². The number of nitrogens with zero attached hydrogens (tertiary/aromatic N) is 1. The molecule has 0 radical (unpaired) electrons. The number of hydrogen-bond acceptors (Lipinski definition) is 3. The van der Waals surface area contributed by atoms with Gasteiger partial charge < -0.3 is 14.7 Å². The molecular formula is C11H21NO3. The van der Waals surface area contributed by atoms with Crippen LogP contribution in [0.1, 0.15) is 39.0 Å². The monoisotopic (exact) mass is 215 g/mol. The molecule has 1 atom stereocenters. The first kappa shape index (κ1) is 12.3. The van der Waals surface area contributed by atoms with Crippen molar-refractivity contribution in [1.29, 1.82) is 0 Å². The molecule has 1 amide bonds. The van der Waals surface area contributed by atoms with Gasteiger partial charge in [0.05, 0.1) is 12.7 Å². The topological polar surface area (TPSA) is 49.8 Å². The summed E-state index contributed by atoms with van der Waals surface area (Å²) in [6, 6.07) is 0. The van der Waals surface area contributed by atoms with Gasteiger partial charge >= 0.3 is 6.09 Å². The lowest BCUT2D eigenvalue weighted by molar-refractivity contribution is 0.0884. The summed E-state index contributed by atoms with van der Waals surface area (Å²) in [5.74, 6) is 0. The van der Waals surface area contributed by atoms with Crippen LogP contribution in [0.25, 0.3) is 0 Å². The second-order valence-electron chi connectivity index (χ2n) is 4.15. The Balaban J connectivity index is 2.07. The van der Waals surface area contributed by atoms with Gasteiger partial charge in [0.15, 0.2) is 0 Å². The minimum atomic E-state index is -0.307. The third-order valence-electron chi connectivity index (χ3n) is 2.61. The Labute approximate surface area is 91.2 Å². The second-order valence-corrected chi connectivity index (χ2v) is 4.15. The van der Waals surface area contributed by atoms with E-state index in [4.69, 9.17) is 9.84 Å². The molecule has 0 spiro atoms. The van der Waals surface area contributed by atoms with Crippen LogP contribution in [0.3, 0.4) is 0 Å². The van der Waals surface area contributed by atoms with Crippen LogP contribution < -0.4 is 0 Å². The van der Waals surface area contributed by atoms with E-state index in [0.717, 1.165) is 32.4 Å². The molecule has 4 nitrogen and oxygen atoms in total. The number of ether oxygens (including phenoxy) is 1. The van der Waals surface area contributed by atoms with E-state index in [2.05, 4.69) is 0 Å². The summed E-state index contributed by atoms with van der Waals surface area (Å²) >= 11 is 0. The number of piperidine rings is 1. The van der Waals surface area contributed by atoms with Crippen molar-refractivity contribution < 1.29 is 14.6 Å². The molecule has 88 valence electrons. The molecule has 4 heteroatoms. The van der Waals surface area contributed by atoms with E-state index >= 15 is 0 Å². The first-order chi connectivity index (χ1) is 7.20. The maximum Gasteiger partial charge on any atom is 0.409 e. The van der Waals surface area contributed by atoms with Crippen LogP contribution in [0.4, 0.5) is 4.79 Å².